The van der Waals surface area contributed by atoms with Gasteiger partial charge in [0.1, 0.15) is 11.6 Å². The average Bonchev–Trinajstić information content (AvgIpc) is 2.90. The molecule has 0 spiro atoms. The van der Waals surface area contributed by atoms with Gasteiger partial charge in [-0.15, -0.1) is 0 Å². The minimum Gasteiger partial charge on any atom is -0.493 e. The summed E-state index contributed by atoms with van der Waals surface area (Å²) in [5, 5.41) is 3.62. The molecule has 1 aliphatic rings. The molecule has 0 saturated heterocycles. The lowest BCUT2D eigenvalue weighted by Gasteiger charge is -2.31. The number of para-hydroxylation sites is 1. The lowest BCUT2D eigenvalue weighted by atomic mass is 9.98. The van der Waals surface area contributed by atoms with E-state index < -0.39 is 0 Å². The number of pyridine rings is 1. The fraction of sp³-hybridized carbons (Fsp3) is 0.214. The Morgan fingerprint density at radius 2 is 1.71 bits per heavy atom. The highest BCUT2D eigenvalue weighted by molar-refractivity contribution is 6.07. The van der Waals surface area contributed by atoms with Crippen LogP contribution in [0.25, 0.3) is 10.9 Å². The zero-order chi connectivity index (χ0) is 24.4. The molecule has 0 fully saturated rings. The molecule has 0 saturated carbocycles. The van der Waals surface area contributed by atoms with Gasteiger partial charge in [-0.25, -0.2) is 9.37 Å². The van der Waals surface area contributed by atoms with E-state index >= 15 is 0 Å². The Kier molecular flexibility index (Phi) is 6.23. The van der Waals surface area contributed by atoms with E-state index in [0.29, 0.717) is 23.4 Å². The Morgan fingerprint density at radius 3 is 2.49 bits per heavy atom. The van der Waals surface area contributed by atoms with E-state index in [4.69, 9.17) is 14.5 Å². The van der Waals surface area contributed by atoms with E-state index in [9.17, 15) is 9.18 Å². The highest BCUT2D eigenvalue weighted by Gasteiger charge is 2.22. The van der Waals surface area contributed by atoms with Gasteiger partial charge in [-0.2, -0.15) is 0 Å². The number of anilines is 1. The van der Waals surface area contributed by atoms with Crippen LogP contribution in [-0.2, 0) is 19.5 Å². The summed E-state index contributed by atoms with van der Waals surface area (Å²) >= 11 is 0. The summed E-state index contributed by atoms with van der Waals surface area (Å²) in [5.41, 5.74) is 4.03. The number of amides is 1. The van der Waals surface area contributed by atoms with Crippen LogP contribution in [0, 0.1) is 5.82 Å². The van der Waals surface area contributed by atoms with E-state index in [-0.39, 0.29) is 18.3 Å². The summed E-state index contributed by atoms with van der Waals surface area (Å²) in [6, 6.07) is 19.9. The van der Waals surface area contributed by atoms with Crippen LogP contribution >= 0.6 is 0 Å². The quantitative estimate of drug-likeness (QED) is 0.434. The number of ether oxygens (including phenoxy) is 2. The van der Waals surface area contributed by atoms with Crippen molar-refractivity contribution in [3.8, 4) is 11.5 Å². The van der Waals surface area contributed by atoms with E-state index in [1.54, 1.807) is 32.4 Å². The molecule has 2 heterocycles. The standard InChI is InChI=1S/C28H26FN3O3/c1-34-25-13-18-11-12-32(17-20(18)14-26(25)35-2)27-15-22(21-8-4-6-10-24(21)31-27)28(33)30-16-19-7-3-5-9-23(19)29/h3-10,13-15H,11-12,16-17H2,1-2H3,(H,30,33). The van der Waals surface area contributed by atoms with Crippen molar-refractivity contribution < 1.29 is 18.7 Å². The second-order valence-corrected chi connectivity index (χ2v) is 8.47. The van der Waals surface area contributed by atoms with Crippen molar-refractivity contribution in [2.45, 2.75) is 19.5 Å². The van der Waals surface area contributed by atoms with E-state index in [1.807, 2.05) is 42.5 Å². The molecule has 7 heteroatoms. The van der Waals surface area contributed by atoms with Gasteiger partial charge in [0.2, 0.25) is 0 Å². The van der Waals surface area contributed by atoms with Crippen LogP contribution < -0.4 is 19.7 Å². The molecular formula is C28H26FN3O3. The van der Waals surface area contributed by atoms with Crippen LogP contribution in [0.2, 0.25) is 0 Å². The van der Waals surface area contributed by atoms with Crippen LogP contribution in [0.3, 0.4) is 0 Å². The monoisotopic (exact) mass is 471 g/mol. The smallest absolute Gasteiger partial charge is 0.252 e. The maximum Gasteiger partial charge on any atom is 0.252 e. The molecule has 0 bridgehead atoms. The van der Waals surface area contributed by atoms with E-state index in [0.717, 1.165) is 41.0 Å². The number of carbonyl (C=O) groups is 1. The fourth-order valence-electron chi connectivity index (χ4n) is 4.50. The Morgan fingerprint density at radius 1 is 1.00 bits per heavy atom. The Balaban J connectivity index is 1.46. The van der Waals surface area contributed by atoms with Gasteiger partial charge in [0.15, 0.2) is 11.5 Å². The van der Waals surface area contributed by atoms with E-state index in [1.165, 1.54) is 11.6 Å². The van der Waals surface area contributed by atoms with Crippen molar-refractivity contribution >= 4 is 22.6 Å². The zero-order valence-corrected chi connectivity index (χ0v) is 19.7. The highest BCUT2D eigenvalue weighted by Crippen LogP contribution is 2.35. The molecule has 3 aromatic carbocycles. The van der Waals surface area contributed by atoms with Crippen molar-refractivity contribution in [2.24, 2.45) is 0 Å². The van der Waals surface area contributed by atoms with Gasteiger partial charge in [-0.3, -0.25) is 4.79 Å². The average molecular weight is 472 g/mol. The van der Waals surface area contributed by atoms with Crippen LogP contribution in [0.4, 0.5) is 10.2 Å². The number of fused-ring (bicyclic) bond motifs is 2. The third-order valence-corrected chi connectivity index (χ3v) is 6.39. The van der Waals surface area contributed by atoms with E-state index in [2.05, 4.69) is 10.2 Å². The summed E-state index contributed by atoms with van der Waals surface area (Å²) < 4.78 is 25.0. The van der Waals surface area contributed by atoms with Crippen LogP contribution in [0.15, 0.2) is 66.7 Å². The molecular weight excluding hydrogens is 445 g/mol. The molecule has 1 aliphatic heterocycles. The number of nitrogens with one attached hydrogen (secondary N) is 1. The van der Waals surface area contributed by atoms with Gasteiger partial charge in [0.05, 0.1) is 25.3 Å². The highest BCUT2D eigenvalue weighted by atomic mass is 19.1. The van der Waals surface area contributed by atoms with Crippen molar-refractivity contribution in [2.75, 3.05) is 25.7 Å². The van der Waals surface area contributed by atoms with Crippen molar-refractivity contribution in [1.82, 2.24) is 10.3 Å². The van der Waals surface area contributed by atoms with Crippen molar-refractivity contribution in [3.63, 3.8) is 0 Å². The number of aromatic nitrogens is 1. The van der Waals surface area contributed by atoms with Crippen LogP contribution in [0.1, 0.15) is 27.0 Å². The summed E-state index contributed by atoms with van der Waals surface area (Å²) in [6.07, 6.45) is 0.818. The largest absolute Gasteiger partial charge is 0.493 e. The maximum atomic E-state index is 14.0. The molecule has 1 aromatic heterocycles. The minimum atomic E-state index is -0.341. The maximum absolute atomic E-state index is 14.0. The first-order valence-corrected chi connectivity index (χ1v) is 11.5. The Bertz CT molecular complexity index is 1410. The summed E-state index contributed by atoms with van der Waals surface area (Å²) in [5.74, 6) is 1.52. The number of halogens is 1. The predicted octanol–water partition coefficient (Wildman–Crippen LogP) is 4.88. The first-order valence-electron chi connectivity index (χ1n) is 11.5. The zero-order valence-electron chi connectivity index (χ0n) is 19.7. The van der Waals surface area contributed by atoms with Gasteiger partial charge in [0.25, 0.3) is 5.91 Å². The van der Waals surface area contributed by atoms with Crippen LogP contribution in [-0.4, -0.2) is 31.7 Å². The molecule has 0 unspecified atom stereocenters. The number of nitrogens with zero attached hydrogens (tertiary/aromatic N) is 2. The number of carbonyl (C=O) groups excluding carboxylic acids is 1. The number of benzene rings is 3. The number of hydrogen-bond donors (Lipinski definition) is 1. The second-order valence-electron chi connectivity index (χ2n) is 8.47. The predicted molar refractivity (Wildman–Crippen MR) is 134 cm³/mol. The van der Waals surface area contributed by atoms with Gasteiger partial charge < -0.3 is 19.7 Å². The summed E-state index contributed by atoms with van der Waals surface area (Å²) in [7, 11) is 3.26. The van der Waals surface area contributed by atoms with Gasteiger partial charge in [-0.1, -0.05) is 36.4 Å². The van der Waals surface area contributed by atoms with Crippen LogP contribution in [0.5, 0.6) is 11.5 Å². The van der Waals surface area contributed by atoms with Gasteiger partial charge >= 0.3 is 0 Å². The molecule has 4 aromatic rings. The first-order chi connectivity index (χ1) is 17.1. The first kappa shape index (κ1) is 22.7. The molecule has 0 atom stereocenters. The fourth-order valence-corrected chi connectivity index (χ4v) is 4.50. The van der Waals surface area contributed by atoms with Crippen molar-refractivity contribution in [1.29, 1.82) is 0 Å². The summed E-state index contributed by atoms with van der Waals surface area (Å²) in [4.78, 5) is 20.2. The molecule has 178 valence electrons. The SMILES string of the molecule is COc1cc2c(cc1OC)CN(c1cc(C(=O)NCc3ccccc3F)c3ccccc3n1)CC2. The molecule has 0 aliphatic carbocycles. The second kappa shape index (κ2) is 9.62. The third kappa shape index (κ3) is 4.49. The Hall–Kier alpha value is -4.13. The Labute approximate surface area is 203 Å². The number of methoxy groups -OCH3 is 2. The molecule has 0 radical (unpaired) electrons. The molecule has 1 N–H and O–H groups in total. The molecule has 6 nitrogen and oxygen atoms in total. The van der Waals surface area contributed by atoms with Gasteiger partial charge in [0, 0.05) is 30.6 Å². The third-order valence-electron chi connectivity index (χ3n) is 6.39. The minimum absolute atomic E-state index is 0.107. The normalized spacial score (nSPS) is 12.8. The number of hydrogen-bond acceptors (Lipinski definition) is 5. The lowest BCUT2D eigenvalue weighted by molar-refractivity contribution is 0.0952. The lowest BCUT2D eigenvalue weighted by Crippen LogP contribution is -2.31. The molecule has 5 rings (SSSR count). The summed E-state index contributed by atoms with van der Waals surface area (Å²) in [6.45, 7) is 1.50. The molecule has 35 heavy (non-hydrogen) atoms. The number of rotatable bonds is 6. The topological polar surface area (TPSA) is 63.7 Å². The molecule has 1 amide bonds. The van der Waals surface area contributed by atoms with Crippen molar-refractivity contribution in [3.05, 3.63) is 94.8 Å². The van der Waals surface area contributed by atoms with Gasteiger partial charge in [-0.05, 0) is 47.9 Å².